The minimum Gasteiger partial charge on any atom is -0.313 e. The van der Waals surface area contributed by atoms with E-state index in [1.165, 1.54) is 4.31 Å². The molecule has 17 heavy (non-hydrogen) atoms. The van der Waals surface area contributed by atoms with Gasteiger partial charge in [0.25, 0.3) is 0 Å². The van der Waals surface area contributed by atoms with E-state index in [9.17, 15) is 8.42 Å². The molecule has 0 atom stereocenters. The van der Waals surface area contributed by atoms with Crippen LogP contribution in [0.4, 0.5) is 5.69 Å². The van der Waals surface area contributed by atoms with Gasteiger partial charge in [0.1, 0.15) is 0 Å². The lowest BCUT2D eigenvalue weighted by Gasteiger charge is -2.30. The summed E-state index contributed by atoms with van der Waals surface area (Å²) in [5.41, 5.74) is 0.629. The van der Waals surface area contributed by atoms with Crippen molar-refractivity contribution in [2.75, 3.05) is 23.9 Å². The van der Waals surface area contributed by atoms with Gasteiger partial charge < -0.3 is 5.32 Å². The van der Waals surface area contributed by atoms with Crippen molar-refractivity contribution in [3.63, 3.8) is 0 Å². The van der Waals surface area contributed by atoms with Gasteiger partial charge in [0.15, 0.2) is 0 Å². The molecule has 5 nitrogen and oxygen atoms in total. The van der Waals surface area contributed by atoms with Crippen molar-refractivity contribution in [1.82, 2.24) is 10.3 Å². The van der Waals surface area contributed by atoms with Crippen molar-refractivity contribution in [1.29, 1.82) is 0 Å². The third-order valence-electron chi connectivity index (χ3n) is 2.96. The van der Waals surface area contributed by atoms with Crippen LogP contribution in [0.15, 0.2) is 24.5 Å². The molecule has 2 rings (SSSR count). The molecule has 0 unspecified atom stereocenters. The van der Waals surface area contributed by atoms with Gasteiger partial charge in [-0.15, -0.1) is 0 Å². The zero-order valence-electron chi connectivity index (χ0n) is 10.0. The highest BCUT2D eigenvalue weighted by Gasteiger charge is 2.40. The van der Waals surface area contributed by atoms with Gasteiger partial charge in [-0.05, 0) is 26.0 Å². The highest BCUT2D eigenvalue weighted by Crippen LogP contribution is 2.26. The number of nitrogens with one attached hydrogen (secondary N) is 1. The summed E-state index contributed by atoms with van der Waals surface area (Å²) >= 11 is 0. The van der Waals surface area contributed by atoms with Crippen molar-refractivity contribution in [3.05, 3.63) is 24.5 Å². The number of hydrogen-bond donors (Lipinski definition) is 1. The number of sulfonamides is 1. The molecule has 1 N–H and O–H groups in total. The molecule has 1 aromatic heterocycles. The topological polar surface area (TPSA) is 62.3 Å². The Labute approximate surface area is 102 Å². The predicted molar refractivity (Wildman–Crippen MR) is 67.5 cm³/mol. The van der Waals surface area contributed by atoms with Crippen LogP contribution in [0.2, 0.25) is 0 Å². The van der Waals surface area contributed by atoms with E-state index in [0.717, 1.165) is 0 Å². The summed E-state index contributed by atoms with van der Waals surface area (Å²) in [4.78, 5) is 3.98. The van der Waals surface area contributed by atoms with E-state index in [-0.39, 0.29) is 0 Å². The Balaban J connectivity index is 2.46. The number of anilines is 1. The molecule has 1 saturated heterocycles. The quantitative estimate of drug-likeness (QED) is 0.798. The molecule has 0 aliphatic carbocycles. The Kier molecular flexibility index (Phi) is 3.09. The number of nitrogens with zero attached hydrogens (tertiary/aromatic N) is 2. The lowest BCUT2D eigenvalue weighted by Crippen LogP contribution is -2.46. The Hall–Kier alpha value is -1.14. The molecule has 1 aliphatic heterocycles. The van der Waals surface area contributed by atoms with Gasteiger partial charge in [-0.2, -0.15) is 0 Å². The minimum atomic E-state index is -3.36. The fraction of sp³-hybridized carbons (Fsp3) is 0.545. The van der Waals surface area contributed by atoms with Crippen molar-refractivity contribution in [3.8, 4) is 0 Å². The summed E-state index contributed by atoms with van der Waals surface area (Å²) in [5, 5.41) is 3.15. The molecule has 0 bridgehead atoms. The van der Waals surface area contributed by atoms with E-state index in [4.69, 9.17) is 0 Å². The summed E-state index contributed by atoms with van der Waals surface area (Å²) in [7, 11) is -3.36. The van der Waals surface area contributed by atoms with Crippen molar-refractivity contribution in [2.45, 2.75) is 18.6 Å². The molecule has 0 amide bonds. The lowest BCUT2D eigenvalue weighted by molar-refractivity contribution is 0.535. The summed E-state index contributed by atoms with van der Waals surface area (Å²) in [6.45, 7) is 5.04. The lowest BCUT2D eigenvalue weighted by atomic mass is 10.2. The Bertz CT molecular complexity index is 485. The van der Waals surface area contributed by atoms with Crippen LogP contribution in [0, 0.1) is 0 Å². The number of pyridine rings is 1. The predicted octanol–water partition coefficient (Wildman–Crippen LogP) is 0.600. The van der Waals surface area contributed by atoms with Gasteiger partial charge in [-0.25, -0.2) is 8.42 Å². The average molecular weight is 255 g/mol. The van der Waals surface area contributed by atoms with E-state index in [0.29, 0.717) is 25.3 Å². The molecule has 2 heterocycles. The second-order valence-electron chi connectivity index (χ2n) is 4.72. The van der Waals surface area contributed by atoms with Gasteiger partial charge >= 0.3 is 0 Å². The Morgan fingerprint density at radius 3 is 2.88 bits per heavy atom. The largest absolute Gasteiger partial charge is 0.313 e. The van der Waals surface area contributed by atoms with Crippen molar-refractivity contribution in [2.24, 2.45) is 0 Å². The Morgan fingerprint density at radius 2 is 2.24 bits per heavy atom. The van der Waals surface area contributed by atoms with Crippen LogP contribution < -0.4 is 9.62 Å². The first-order valence-corrected chi connectivity index (χ1v) is 7.02. The monoisotopic (exact) mass is 255 g/mol. The van der Waals surface area contributed by atoms with Crippen LogP contribution in [-0.4, -0.2) is 37.8 Å². The molecule has 0 spiro atoms. The Morgan fingerprint density at radius 1 is 1.47 bits per heavy atom. The van der Waals surface area contributed by atoms with Gasteiger partial charge in [-0.1, -0.05) is 0 Å². The molecular weight excluding hydrogens is 238 g/mol. The third-order valence-corrected chi connectivity index (χ3v) is 5.48. The molecule has 6 heteroatoms. The van der Waals surface area contributed by atoms with E-state index in [2.05, 4.69) is 10.3 Å². The molecule has 0 saturated carbocycles. The molecule has 0 aromatic carbocycles. The summed E-state index contributed by atoms with van der Waals surface area (Å²) < 4.78 is 25.7. The van der Waals surface area contributed by atoms with Crippen molar-refractivity contribution < 1.29 is 8.42 Å². The number of hydrogen-bond acceptors (Lipinski definition) is 4. The first-order valence-electron chi connectivity index (χ1n) is 5.58. The van der Waals surface area contributed by atoms with Gasteiger partial charge in [0.2, 0.25) is 10.0 Å². The SMILES string of the molecule is CC1(C)CNCCN(c2cccnc2)S1(=O)=O. The van der Waals surface area contributed by atoms with E-state index in [1.807, 2.05) is 0 Å². The molecular formula is C11H17N3O2S. The molecule has 1 fully saturated rings. The standard InChI is InChI=1S/C11H17N3O2S/c1-11(2)9-13-6-7-14(17(11,15)16)10-4-3-5-12-8-10/h3-5,8,13H,6-7,9H2,1-2H3. The molecule has 0 radical (unpaired) electrons. The number of rotatable bonds is 1. The van der Waals surface area contributed by atoms with Gasteiger partial charge in [0.05, 0.1) is 16.6 Å². The highest BCUT2D eigenvalue weighted by molar-refractivity contribution is 7.94. The zero-order chi connectivity index (χ0) is 12.5. The smallest absolute Gasteiger partial charge is 0.241 e. The molecule has 1 aliphatic rings. The number of aromatic nitrogens is 1. The first kappa shape index (κ1) is 12.3. The highest BCUT2D eigenvalue weighted by atomic mass is 32.2. The maximum atomic E-state index is 12.5. The van der Waals surface area contributed by atoms with Crippen LogP contribution in [0.5, 0.6) is 0 Å². The van der Waals surface area contributed by atoms with Crippen LogP contribution >= 0.6 is 0 Å². The normalized spacial score (nSPS) is 23.1. The third kappa shape index (κ3) is 2.14. The fourth-order valence-electron chi connectivity index (χ4n) is 1.85. The maximum absolute atomic E-state index is 12.5. The average Bonchev–Trinajstić information content (AvgIpc) is 2.38. The molecule has 1 aromatic rings. The second-order valence-corrected chi connectivity index (χ2v) is 7.22. The van der Waals surface area contributed by atoms with E-state index < -0.39 is 14.8 Å². The second kappa shape index (κ2) is 4.27. The van der Waals surface area contributed by atoms with Gasteiger partial charge in [0, 0.05) is 25.8 Å². The van der Waals surface area contributed by atoms with E-state index in [1.54, 1.807) is 38.4 Å². The zero-order valence-corrected chi connectivity index (χ0v) is 10.9. The van der Waals surface area contributed by atoms with Gasteiger partial charge in [-0.3, -0.25) is 9.29 Å². The van der Waals surface area contributed by atoms with Crippen LogP contribution in [0.25, 0.3) is 0 Å². The first-order chi connectivity index (χ1) is 7.95. The van der Waals surface area contributed by atoms with Crippen LogP contribution in [0.3, 0.4) is 0 Å². The van der Waals surface area contributed by atoms with E-state index >= 15 is 0 Å². The van der Waals surface area contributed by atoms with Crippen LogP contribution in [0.1, 0.15) is 13.8 Å². The maximum Gasteiger partial charge on any atom is 0.241 e. The molecule has 94 valence electrons. The summed E-state index contributed by atoms with van der Waals surface area (Å²) in [6.07, 6.45) is 3.22. The summed E-state index contributed by atoms with van der Waals surface area (Å²) in [5.74, 6) is 0. The van der Waals surface area contributed by atoms with Crippen LogP contribution in [-0.2, 0) is 10.0 Å². The fourth-order valence-corrected chi connectivity index (χ4v) is 3.45. The minimum absolute atomic E-state index is 0.442. The van der Waals surface area contributed by atoms with Crippen molar-refractivity contribution >= 4 is 15.7 Å². The summed E-state index contributed by atoms with van der Waals surface area (Å²) in [6, 6.07) is 3.52.